The second-order valence-corrected chi connectivity index (χ2v) is 6.93. The van der Waals surface area contributed by atoms with E-state index in [0.29, 0.717) is 13.1 Å². The monoisotopic (exact) mass is 349 g/mol. The van der Waals surface area contributed by atoms with Crippen LogP contribution in [0.5, 0.6) is 0 Å². The molecule has 4 rings (SSSR count). The van der Waals surface area contributed by atoms with Crippen molar-refractivity contribution in [2.24, 2.45) is 0 Å². The fourth-order valence-electron chi connectivity index (χ4n) is 3.58. The van der Waals surface area contributed by atoms with Crippen LogP contribution in [0.15, 0.2) is 55.2 Å². The van der Waals surface area contributed by atoms with Crippen LogP contribution in [0.2, 0.25) is 0 Å². The zero-order valence-electron chi connectivity index (χ0n) is 15.0. The number of nitrogens with zero attached hydrogens (tertiary/aromatic N) is 5. The molecule has 3 aromatic heterocycles. The van der Waals surface area contributed by atoms with Crippen molar-refractivity contribution < 1.29 is 4.79 Å². The number of carbonyl (C=O) groups excluding carboxylic acids is 1. The summed E-state index contributed by atoms with van der Waals surface area (Å²) < 4.78 is 4.00. The summed E-state index contributed by atoms with van der Waals surface area (Å²) in [7, 11) is 0. The normalized spacial score (nSPS) is 17.4. The molecule has 0 N–H and O–H groups in total. The van der Waals surface area contributed by atoms with Gasteiger partial charge in [-0.05, 0) is 49.1 Å². The highest BCUT2D eigenvalue weighted by molar-refractivity contribution is 5.92. The summed E-state index contributed by atoms with van der Waals surface area (Å²) in [6, 6.07) is 8.03. The molecule has 6 heteroatoms. The SMILES string of the molecule is Cc1cnn([C@H]2CCCN(C(=O)c3cccn3Cc3cccnc3)C2)c1. The van der Waals surface area contributed by atoms with E-state index < -0.39 is 0 Å². The predicted molar refractivity (Wildman–Crippen MR) is 98.9 cm³/mol. The van der Waals surface area contributed by atoms with Crippen molar-refractivity contribution in [2.45, 2.75) is 32.4 Å². The number of piperidine rings is 1. The predicted octanol–water partition coefficient (Wildman–Crippen LogP) is 2.91. The number of likely N-dealkylation sites (tertiary alicyclic amines) is 1. The topological polar surface area (TPSA) is 56.0 Å². The molecule has 0 bridgehead atoms. The van der Waals surface area contributed by atoms with Gasteiger partial charge in [0, 0.05) is 44.4 Å². The average molecular weight is 349 g/mol. The number of amides is 1. The summed E-state index contributed by atoms with van der Waals surface area (Å²) in [5.74, 6) is 0.0902. The Morgan fingerprint density at radius 3 is 2.96 bits per heavy atom. The first kappa shape index (κ1) is 16.6. The highest BCUT2D eigenvalue weighted by Gasteiger charge is 2.27. The van der Waals surface area contributed by atoms with Crippen molar-refractivity contribution in [2.75, 3.05) is 13.1 Å². The smallest absolute Gasteiger partial charge is 0.270 e. The Labute approximate surface area is 153 Å². The van der Waals surface area contributed by atoms with E-state index in [1.165, 1.54) is 0 Å². The molecule has 0 radical (unpaired) electrons. The summed E-state index contributed by atoms with van der Waals surface area (Å²) >= 11 is 0. The van der Waals surface area contributed by atoms with Crippen LogP contribution < -0.4 is 0 Å². The van der Waals surface area contributed by atoms with Gasteiger partial charge in [-0.25, -0.2) is 0 Å². The summed E-state index contributed by atoms with van der Waals surface area (Å²) in [5.41, 5.74) is 2.96. The van der Waals surface area contributed by atoms with E-state index in [9.17, 15) is 4.79 Å². The molecule has 1 fully saturated rings. The fraction of sp³-hybridized carbons (Fsp3) is 0.350. The van der Waals surface area contributed by atoms with Crippen LogP contribution >= 0.6 is 0 Å². The zero-order chi connectivity index (χ0) is 17.9. The van der Waals surface area contributed by atoms with Gasteiger partial charge in [-0.15, -0.1) is 0 Å². The maximum absolute atomic E-state index is 13.1. The number of hydrogen-bond donors (Lipinski definition) is 0. The van der Waals surface area contributed by atoms with Gasteiger partial charge in [0.2, 0.25) is 0 Å². The van der Waals surface area contributed by atoms with Gasteiger partial charge in [0.15, 0.2) is 0 Å². The lowest BCUT2D eigenvalue weighted by Crippen LogP contribution is -2.41. The van der Waals surface area contributed by atoms with Crippen LogP contribution in [0.3, 0.4) is 0 Å². The van der Waals surface area contributed by atoms with Crippen LogP contribution in [0, 0.1) is 6.92 Å². The molecule has 4 heterocycles. The Bertz CT molecular complexity index is 883. The van der Waals surface area contributed by atoms with E-state index in [-0.39, 0.29) is 11.9 Å². The molecule has 1 aliphatic rings. The van der Waals surface area contributed by atoms with Gasteiger partial charge < -0.3 is 9.47 Å². The first-order chi connectivity index (χ1) is 12.7. The van der Waals surface area contributed by atoms with Gasteiger partial charge in [0.05, 0.1) is 12.2 Å². The molecular weight excluding hydrogens is 326 g/mol. The second-order valence-electron chi connectivity index (χ2n) is 6.93. The standard InChI is InChI=1S/C20H23N5O/c1-16-11-22-25(13-16)18-6-3-10-24(15-18)20(26)19-7-4-9-23(19)14-17-5-2-8-21-12-17/h2,4-5,7-9,11-13,18H,3,6,10,14-15H2,1H3/t18-/m0/s1. The van der Waals surface area contributed by atoms with Crippen molar-refractivity contribution in [3.8, 4) is 0 Å². The molecule has 26 heavy (non-hydrogen) atoms. The Kier molecular flexibility index (Phi) is 4.56. The third-order valence-electron chi connectivity index (χ3n) is 4.91. The summed E-state index contributed by atoms with van der Waals surface area (Å²) in [6.45, 7) is 4.20. The molecule has 0 aromatic carbocycles. The Balaban J connectivity index is 1.50. The number of pyridine rings is 1. The number of aromatic nitrogens is 4. The largest absolute Gasteiger partial charge is 0.339 e. The van der Waals surface area contributed by atoms with Gasteiger partial charge in [0.1, 0.15) is 5.69 Å². The minimum atomic E-state index is 0.0902. The molecule has 1 atom stereocenters. The van der Waals surface area contributed by atoms with E-state index in [1.54, 1.807) is 6.20 Å². The second kappa shape index (κ2) is 7.15. The number of hydrogen-bond acceptors (Lipinski definition) is 3. The van der Waals surface area contributed by atoms with E-state index >= 15 is 0 Å². The number of carbonyl (C=O) groups is 1. The third kappa shape index (κ3) is 3.40. The van der Waals surface area contributed by atoms with Crippen molar-refractivity contribution >= 4 is 5.91 Å². The highest BCUT2D eigenvalue weighted by atomic mass is 16.2. The van der Waals surface area contributed by atoms with Gasteiger partial charge in [-0.2, -0.15) is 5.10 Å². The van der Waals surface area contributed by atoms with Gasteiger partial charge in [-0.1, -0.05) is 6.07 Å². The molecule has 0 unspecified atom stereocenters. The summed E-state index contributed by atoms with van der Waals surface area (Å²) in [6.07, 6.45) is 11.5. The zero-order valence-corrected chi connectivity index (χ0v) is 15.0. The minimum Gasteiger partial charge on any atom is -0.339 e. The lowest BCUT2D eigenvalue weighted by atomic mass is 10.1. The molecule has 3 aromatic rings. The van der Waals surface area contributed by atoms with E-state index in [2.05, 4.69) is 16.3 Å². The molecule has 1 amide bonds. The van der Waals surface area contributed by atoms with Gasteiger partial charge in [-0.3, -0.25) is 14.5 Å². The van der Waals surface area contributed by atoms with Crippen molar-refractivity contribution in [3.05, 3.63) is 72.1 Å². The van der Waals surface area contributed by atoms with Crippen LogP contribution in [-0.2, 0) is 6.54 Å². The van der Waals surface area contributed by atoms with Crippen molar-refractivity contribution in [3.63, 3.8) is 0 Å². The lowest BCUT2D eigenvalue weighted by molar-refractivity contribution is 0.0662. The quantitative estimate of drug-likeness (QED) is 0.728. The first-order valence-electron chi connectivity index (χ1n) is 9.05. The molecule has 1 saturated heterocycles. The van der Waals surface area contributed by atoms with Crippen LogP contribution in [0.4, 0.5) is 0 Å². The Hall–Kier alpha value is -2.89. The Morgan fingerprint density at radius 1 is 1.27 bits per heavy atom. The highest BCUT2D eigenvalue weighted by Crippen LogP contribution is 2.23. The van der Waals surface area contributed by atoms with Crippen LogP contribution in [-0.4, -0.2) is 43.2 Å². The number of aryl methyl sites for hydroxylation is 1. The van der Waals surface area contributed by atoms with Crippen molar-refractivity contribution in [1.82, 2.24) is 24.2 Å². The average Bonchev–Trinajstić information content (AvgIpc) is 3.31. The van der Waals surface area contributed by atoms with Crippen LogP contribution in [0.1, 0.15) is 40.5 Å². The van der Waals surface area contributed by atoms with E-state index in [0.717, 1.165) is 36.2 Å². The molecule has 0 aliphatic carbocycles. The van der Waals surface area contributed by atoms with Gasteiger partial charge in [0.25, 0.3) is 5.91 Å². The van der Waals surface area contributed by atoms with Crippen molar-refractivity contribution in [1.29, 1.82) is 0 Å². The maximum atomic E-state index is 13.1. The Morgan fingerprint density at radius 2 is 2.19 bits per heavy atom. The van der Waals surface area contributed by atoms with E-state index in [1.807, 2.05) is 63.9 Å². The molecular formula is C20H23N5O. The molecule has 0 spiro atoms. The maximum Gasteiger partial charge on any atom is 0.270 e. The molecule has 6 nitrogen and oxygen atoms in total. The molecule has 1 aliphatic heterocycles. The molecule has 0 saturated carbocycles. The summed E-state index contributed by atoms with van der Waals surface area (Å²) in [5, 5.41) is 4.44. The number of rotatable bonds is 4. The third-order valence-corrected chi connectivity index (χ3v) is 4.91. The molecule has 134 valence electrons. The van der Waals surface area contributed by atoms with Gasteiger partial charge >= 0.3 is 0 Å². The van der Waals surface area contributed by atoms with E-state index in [4.69, 9.17) is 0 Å². The minimum absolute atomic E-state index is 0.0902. The summed E-state index contributed by atoms with van der Waals surface area (Å²) in [4.78, 5) is 19.2. The van der Waals surface area contributed by atoms with Crippen LogP contribution in [0.25, 0.3) is 0 Å². The fourth-order valence-corrected chi connectivity index (χ4v) is 3.58. The lowest BCUT2D eigenvalue weighted by Gasteiger charge is -2.33. The first-order valence-corrected chi connectivity index (χ1v) is 9.05.